The van der Waals surface area contributed by atoms with Crippen LogP contribution >= 0.6 is 35.5 Å². The minimum absolute atomic E-state index is 0.727. The molecule has 34 heavy (non-hydrogen) atoms. The number of benzene rings is 3. The van der Waals surface area contributed by atoms with Crippen LogP contribution in [-0.4, -0.2) is 43.5 Å². The van der Waals surface area contributed by atoms with Gasteiger partial charge < -0.3 is 9.46 Å². The second kappa shape index (κ2) is 12.4. The first-order chi connectivity index (χ1) is 16.6. The third-order valence-electron chi connectivity index (χ3n) is 5.02. The van der Waals surface area contributed by atoms with Crippen LogP contribution in [0.5, 0.6) is 0 Å². The highest BCUT2D eigenvalue weighted by Crippen LogP contribution is 2.29. The highest BCUT2D eigenvalue weighted by atomic mass is 35.5. The van der Waals surface area contributed by atoms with E-state index in [2.05, 4.69) is 38.7 Å². The molecule has 3 aromatic carbocycles. The van der Waals surface area contributed by atoms with Gasteiger partial charge in [0.2, 0.25) is 0 Å². The first-order valence-corrected chi connectivity index (χ1v) is 13.0. The number of halogens is 1. The average Bonchev–Trinajstić information content (AvgIpc) is 2.86. The Hall–Kier alpha value is -2.36. The predicted molar refractivity (Wildman–Crippen MR) is 146 cm³/mol. The van der Waals surface area contributed by atoms with Crippen molar-refractivity contribution in [2.75, 3.05) is 43.8 Å². The maximum Gasteiger partial charge on any atom is 0.109 e. The molecule has 0 unspecified atom stereocenters. The molecule has 2 N–H and O–H groups in total. The monoisotopic (exact) mass is 513 g/mol. The van der Waals surface area contributed by atoms with Gasteiger partial charge in [0.15, 0.2) is 0 Å². The summed E-state index contributed by atoms with van der Waals surface area (Å²) in [5.74, 6) is 0.810. The Morgan fingerprint density at radius 3 is 2.38 bits per heavy atom. The Morgan fingerprint density at radius 2 is 1.65 bits per heavy atom. The second-order valence-corrected chi connectivity index (χ2v) is 10.2. The first-order valence-electron chi connectivity index (χ1n) is 11.0. The third-order valence-corrected chi connectivity index (χ3v) is 7.28. The number of hydrogen-bond acceptors (Lipinski definition) is 7. The quantitative estimate of drug-likeness (QED) is 0.154. The molecule has 6 nitrogen and oxygen atoms in total. The van der Waals surface area contributed by atoms with Gasteiger partial charge in [0, 0.05) is 35.0 Å². The number of nitrogens with zero attached hydrogens (tertiary/aromatic N) is 3. The van der Waals surface area contributed by atoms with E-state index in [1.165, 1.54) is 16.8 Å². The number of aliphatic imine (C=N–C) groups is 1. The molecular formula is C25H28ClN5OS2. The number of hydrazine groups is 1. The molecule has 1 aliphatic rings. The van der Waals surface area contributed by atoms with Crippen molar-refractivity contribution in [1.29, 1.82) is 0 Å². The van der Waals surface area contributed by atoms with E-state index in [-0.39, 0.29) is 0 Å². The number of para-hydroxylation sites is 2. The summed E-state index contributed by atoms with van der Waals surface area (Å²) in [7, 11) is 2.00. The summed E-state index contributed by atoms with van der Waals surface area (Å²) in [6.45, 7) is 5.47. The fourth-order valence-electron chi connectivity index (χ4n) is 3.31. The predicted octanol–water partition coefficient (Wildman–Crippen LogP) is 6.49. The van der Waals surface area contributed by atoms with Gasteiger partial charge in [-0.05, 0) is 91.5 Å². The molecule has 4 rings (SSSR count). The minimum Gasteiger partial charge on any atom is -0.379 e. The lowest BCUT2D eigenvalue weighted by atomic mass is 10.2. The molecular weight excluding hydrogens is 486 g/mol. The van der Waals surface area contributed by atoms with Gasteiger partial charge in [0.05, 0.1) is 30.3 Å². The van der Waals surface area contributed by atoms with Crippen LogP contribution in [0.3, 0.4) is 0 Å². The van der Waals surface area contributed by atoms with Gasteiger partial charge in [-0.25, -0.2) is 9.30 Å². The van der Waals surface area contributed by atoms with Crippen LogP contribution in [0.1, 0.15) is 6.92 Å². The smallest absolute Gasteiger partial charge is 0.109 e. The first kappa shape index (κ1) is 24.8. The van der Waals surface area contributed by atoms with E-state index in [1.807, 2.05) is 67.5 Å². The maximum absolute atomic E-state index is 5.96. The van der Waals surface area contributed by atoms with Crippen LogP contribution < -0.4 is 15.2 Å². The Labute approximate surface area is 215 Å². The van der Waals surface area contributed by atoms with Crippen molar-refractivity contribution < 1.29 is 4.74 Å². The number of ether oxygens (including phenoxy) is 1. The van der Waals surface area contributed by atoms with Crippen molar-refractivity contribution in [3.63, 3.8) is 0 Å². The Kier molecular flexibility index (Phi) is 9.01. The topological polar surface area (TPSA) is 52.1 Å². The molecule has 3 aromatic rings. The number of amidine groups is 1. The molecule has 0 radical (unpaired) electrons. The van der Waals surface area contributed by atoms with Crippen molar-refractivity contribution in [2.45, 2.75) is 16.7 Å². The number of hydrogen-bond donors (Lipinski definition) is 2. The molecule has 1 heterocycles. The molecule has 1 saturated heterocycles. The van der Waals surface area contributed by atoms with Crippen LogP contribution in [-0.2, 0) is 4.74 Å². The molecule has 0 spiro atoms. The molecule has 178 valence electrons. The van der Waals surface area contributed by atoms with Gasteiger partial charge in [-0.3, -0.25) is 10.4 Å². The molecule has 0 amide bonds. The largest absolute Gasteiger partial charge is 0.379 e. The molecule has 0 aromatic heterocycles. The minimum atomic E-state index is 0.727. The van der Waals surface area contributed by atoms with Crippen LogP contribution in [0.25, 0.3) is 0 Å². The average molecular weight is 514 g/mol. The molecule has 0 saturated carbocycles. The number of rotatable bonds is 8. The van der Waals surface area contributed by atoms with Gasteiger partial charge in [-0.1, -0.05) is 23.7 Å². The van der Waals surface area contributed by atoms with Crippen LogP contribution in [0.2, 0.25) is 5.02 Å². The summed E-state index contributed by atoms with van der Waals surface area (Å²) in [6.07, 6.45) is 0. The van der Waals surface area contributed by atoms with Crippen LogP contribution in [0.15, 0.2) is 87.6 Å². The Balaban J connectivity index is 1.37. The van der Waals surface area contributed by atoms with Gasteiger partial charge in [-0.15, -0.1) is 0 Å². The Bertz CT molecular complexity index is 1090. The van der Waals surface area contributed by atoms with Crippen molar-refractivity contribution in [3.8, 4) is 0 Å². The fourth-order valence-corrected chi connectivity index (χ4v) is 4.91. The third kappa shape index (κ3) is 7.32. The van der Waals surface area contributed by atoms with E-state index in [9.17, 15) is 0 Å². The lowest BCUT2D eigenvalue weighted by molar-refractivity contribution is 0.0773. The van der Waals surface area contributed by atoms with Crippen molar-refractivity contribution in [3.05, 3.63) is 77.8 Å². The molecule has 0 atom stereocenters. The van der Waals surface area contributed by atoms with Crippen molar-refractivity contribution in [1.82, 2.24) is 9.03 Å². The van der Waals surface area contributed by atoms with Gasteiger partial charge in [0.25, 0.3) is 0 Å². The van der Waals surface area contributed by atoms with E-state index in [0.29, 0.717) is 0 Å². The molecule has 9 heteroatoms. The summed E-state index contributed by atoms with van der Waals surface area (Å²) in [4.78, 5) is 7.08. The number of anilines is 2. The summed E-state index contributed by atoms with van der Waals surface area (Å²) < 4.78 is 11.1. The molecule has 0 aliphatic carbocycles. The number of nitrogens with one attached hydrogen (secondary N) is 2. The SMILES string of the molecule is CC(=Nc1ccccc1N(C)Nc1ccc(SN2CCOCC2)cc1)NSc1ccc(Cl)cc1. The van der Waals surface area contributed by atoms with E-state index >= 15 is 0 Å². The fraction of sp³-hybridized carbons (Fsp3) is 0.240. The van der Waals surface area contributed by atoms with Crippen LogP contribution in [0.4, 0.5) is 17.1 Å². The van der Waals surface area contributed by atoms with Gasteiger partial charge in [-0.2, -0.15) is 0 Å². The second-order valence-electron chi connectivity index (χ2n) is 7.67. The zero-order valence-electron chi connectivity index (χ0n) is 19.2. The molecule has 0 bridgehead atoms. The van der Waals surface area contributed by atoms with Crippen molar-refractivity contribution >= 4 is 58.4 Å². The zero-order chi connectivity index (χ0) is 23.8. The van der Waals surface area contributed by atoms with Gasteiger partial charge >= 0.3 is 0 Å². The van der Waals surface area contributed by atoms with Crippen molar-refractivity contribution in [2.24, 2.45) is 4.99 Å². The lowest BCUT2D eigenvalue weighted by Crippen LogP contribution is -2.30. The molecule has 1 fully saturated rings. The maximum atomic E-state index is 5.96. The Morgan fingerprint density at radius 1 is 0.971 bits per heavy atom. The summed E-state index contributed by atoms with van der Waals surface area (Å²) in [5, 5.41) is 2.72. The highest BCUT2D eigenvalue weighted by Gasteiger charge is 2.12. The van der Waals surface area contributed by atoms with E-state index in [4.69, 9.17) is 21.3 Å². The lowest BCUT2D eigenvalue weighted by Gasteiger charge is -2.25. The van der Waals surface area contributed by atoms with E-state index in [0.717, 1.165) is 59.1 Å². The normalized spacial score (nSPS) is 14.6. The van der Waals surface area contributed by atoms with Gasteiger partial charge in [0.1, 0.15) is 5.84 Å². The van der Waals surface area contributed by atoms with Crippen LogP contribution in [0, 0.1) is 0 Å². The highest BCUT2D eigenvalue weighted by molar-refractivity contribution is 7.98. The molecule has 1 aliphatic heterocycles. The summed E-state index contributed by atoms with van der Waals surface area (Å²) >= 11 is 9.25. The van der Waals surface area contributed by atoms with E-state index in [1.54, 1.807) is 11.9 Å². The summed E-state index contributed by atoms with van der Waals surface area (Å²) in [5.41, 5.74) is 6.32. The number of morpholine rings is 1. The van der Waals surface area contributed by atoms with E-state index < -0.39 is 0 Å². The summed E-state index contributed by atoms with van der Waals surface area (Å²) in [6, 6.07) is 24.2. The zero-order valence-corrected chi connectivity index (χ0v) is 21.6. The standard InChI is InChI=1S/C25H28ClN5OS2/c1-19(29-33-22-11-7-20(26)8-12-22)27-24-5-3-4-6-25(24)30(2)28-21-9-13-23(14-10-21)34-31-15-17-32-18-16-31/h3-14,28H,15-18H2,1-2H3,(H,27,29).